The van der Waals surface area contributed by atoms with E-state index in [1.807, 2.05) is 37.4 Å². The van der Waals surface area contributed by atoms with Gasteiger partial charge in [-0.1, -0.05) is 76.4 Å². The molecule has 110 valence electrons. The summed E-state index contributed by atoms with van der Waals surface area (Å²) < 4.78 is -1.56. The van der Waals surface area contributed by atoms with Crippen molar-refractivity contribution < 1.29 is 0 Å². The number of hydrogen-bond donors (Lipinski definition) is 1. The van der Waals surface area contributed by atoms with Crippen molar-refractivity contribution in [3.05, 3.63) is 35.4 Å². The van der Waals surface area contributed by atoms with Gasteiger partial charge in [-0.2, -0.15) is 0 Å². The highest BCUT2D eigenvalue weighted by Crippen LogP contribution is 2.34. The Hall–Kier alpha value is 0.310. The largest absolute Gasteiger partial charge is 0.319 e. The smallest absolute Gasteiger partial charge is 0.232 e. The van der Waals surface area contributed by atoms with Crippen molar-refractivity contribution in [2.75, 3.05) is 6.26 Å². The Morgan fingerprint density at radius 2 is 1.75 bits per heavy atom. The number of halogens is 4. The molecule has 3 nitrogen and oxygen atoms in total. The number of aryl methyl sites for hydroxylation is 1. The maximum atomic E-state index is 5.89. The van der Waals surface area contributed by atoms with Gasteiger partial charge in [0.1, 0.15) is 5.84 Å². The first-order valence-electron chi connectivity index (χ1n) is 5.50. The summed E-state index contributed by atoms with van der Waals surface area (Å²) in [6, 6.07) is 7.96. The topological polar surface area (TPSA) is 36.8 Å². The molecule has 1 aromatic rings. The fraction of sp³-hybridized carbons (Fsp3) is 0.333. The van der Waals surface area contributed by atoms with E-state index in [1.165, 1.54) is 17.3 Å². The van der Waals surface area contributed by atoms with Crippen LogP contribution in [0.15, 0.2) is 34.3 Å². The third-order valence-electron chi connectivity index (χ3n) is 2.53. The van der Waals surface area contributed by atoms with Gasteiger partial charge < -0.3 is 5.32 Å². The molecule has 1 aliphatic heterocycles. The van der Waals surface area contributed by atoms with E-state index in [2.05, 4.69) is 15.3 Å². The van der Waals surface area contributed by atoms with Crippen LogP contribution in [0.4, 0.5) is 0 Å². The fourth-order valence-electron chi connectivity index (χ4n) is 1.54. The Morgan fingerprint density at radius 1 is 1.15 bits per heavy atom. The van der Waals surface area contributed by atoms with Crippen molar-refractivity contribution >= 4 is 81.5 Å². The zero-order chi connectivity index (χ0) is 14.0. The van der Waals surface area contributed by atoms with Crippen LogP contribution >= 0.6 is 70.5 Å². The average molecular weight is 465 g/mol. The van der Waals surface area contributed by atoms with E-state index in [9.17, 15) is 0 Å². The lowest BCUT2D eigenvalue weighted by Gasteiger charge is -2.24. The summed E-state index contributed by atoms with van der Waals surface area (Å²) in [5, 5.41) is 3.81. The average Bonchev–Trinajstić information content (AvgIpc) is 2.38. The van der Waals surface area contributed by atoms with Crippen LogP contribution in [0.3, 0.4) is 0 Å². The third-order valence-corrected chi connectivity index (χ3v) is 3.71. The molecule has 0 saturated heterocycles. The number of benzene rings is 1. The van der Waals surface area contributed by atoms with Crippen molar-refractivity contribution in [3.8, 4) is 0 Å². The highest BCUT2D eigenvalue weighted by Gasteiger charge is 2.35. The molecule has 0 spiro atoms. The van der Waals surface area contributed by atoms with Crippen LogP contribution in [0.2, 0.25) is 0 Å². The number of nitrogens with zero attached hydrogens (tertiary/aromatic N) is 2. The molecule has 0 fully saturated rings. The summed E-state index contributed by atoms with van der Waals surface area (Å²) in [5.41, 5.74) is 2.11. The lowest BCUT2D eigenvalue weighted by Crippen LogP contribution is -2.39. The van der Waals surface area contributed by atoms with E-state index in [-0.39, 0.29) is 24.0 Å². The van der Waals surface area contributed by atoms with Gasteiger partial charge in [0.25, 0.3) is 0 Å². The zero-order valence-corrected chi connectivity index (χ0v) is 16.1. The molecule has 1 heterocycles. The van der Waals surface area contributed by atoms with Gasteiger partial charge in [-0.25, -0.2) is 9.98 Å². The number of amidine groups is 2. The minimum Gasteiger partial charge on any atom is -0.319 e. The van der Waals surface area contributed by atoms with Crippen LogP contribution in [-0.2, 0) is 0 Å². The lowest BCUT2D eigenvalue weighted by molar-refractivity contribution is 0.717. The number of alkyl halides is 3. The first-order chi connectivity index (χ1) is 8.90. The maximum Gasteiger partial charge on any atom is 0.232 e. The van der Waals surface area contributed by atoms with E-state index in [0.717, 1.165) is 5.56 Å². The van der Waals surface area contributed by atoms with E-state index in [4.69, 9.17) is 34.8 Å². The monoisotopic (exact) mass is 463 g/mol. The minimum absolute atomic E-state index is 0. The number of thioether (sulfide) groups is 1. The van der Waals surface area contributed by atoms with E-state index >= 15 is 0 Å². The zero-order valence-electron chi connectivity index (χ0n) is 10.7. The summed E-state index contributed by atoms with van der Waals surface area (Å²) in [7, 11) is 0. The second kappa shape index (κ2) is 7.54. The second-order valence-electron chi connectivity index (χ2n) is 4.02. The summed E-state index contributed by atoms with van der Waals surface area (Å²) >= 11 is 19.1. The molecule has 0 radical (unpaired) electrons. The predicted octanol–water partition coefficient (Wildman–Crippen LogP) is 4.38. The first kappa shape index (κ1) is 18.4. The van der Waals surface area contributed by atoms with Gasteiger partial charge >= 0.3 is 0 Å². The molecule has 20 heavy (non-hydrogen) atoms. The molecule has 8 heteroatoms. The van der Waals surface area contributed by atoms with Gasteiger partial charge in [0.05, 0.1) is 0 Å². The van der Waals surface area contributed by atoms with Crippen LogP contribution in [0, 0.1) is 6.92 Å². The van der Waals surface area contributed by atoms with E-state index in [1.54, 1.807) is 0 Å². The van der Waals surface area contributed by atoms with Crippen molar-refractivity contribution in [2.45, 2.75) is 16.9 Å². The number of rotatable bonds is 1. The molecule has 1 unspecified atom stereocenters. The summed E-state index contributed by atoms with van der Waals surface area (Å²) in [6.45, 7) is 2.03. The molecule has 0 aliphatic carbocycles. The van der Waals surface area contributed by atoms with Crippen LogP contribution in [-0.4, -0.2) is 27.2 Å². The summed E-state index contributed by atoms with van der Waals surface area (Å²) in [5.74, 6) is 0.663. The van der Waals surface area contributed by atoms with Crippen molar-refractivity contribution in [1.29, 1.82) is 0 Å². The van der Waals surface area contributed by atoms with Crippen LogP contribution < -0.4 is 5.32 Å². The molecular formula is C12H13Cl3IN3S. The predicted molar refractivity (Wildman–Crippen MR) is 101 cm³/mol. The fourth-order valence-corrected chi connectivity index (χ4v) is 2.23. The maximum absolute atomic E-state index is 5.89. The molecule has 0 amide bonds. The van der Waals surface area contributed by atoms with E-state index < -0.39 is 9.96 Å². The molecule has 2 rings (SSSR count). The van der Waals surface area contributed by atoms with Gasteiger partial charge in [-0.3, -0.25) is 0 Å². The minimum atomic E-state index is -1.56. The van der Waals surface area contributed by atoms with Crippen molar-refractivity contribution in [1.82, 2.24) is 5.32 Å². The van der Waals surface area contributed by atoms with Gasteiger partial charge in [0.15, 0.2) is 11.3 Å². The molecule has 1 N–H and O–H groups in total. The number of aliphatic imine (C=N–C) groups is 2. The molecule has 1 atom stereocenters. The number of nitrogens with one attached hydrogen (secondary N) is 1. The Kier molecular flexibility index (Phi) is 6.92. The molecule has 1 aromatic carbocycles. The summed E-state index contributed by atoms with van der Waals surface area (Å²) in [6.07, 6.45) is 1.16. The number of hydrogen-bond acceptors (Lipinski definition) is 4. The van der Waals surface area contributed by atoms with Crippen molar-refractivity contribution in [3.63, 3.8) is 0 Å². The van der Waals surface area contributed by atoms with Crippen molar-refractivity contribution in [2.24, 2.45) is 9.98 Å². The van der Waals surface area contributed by atoms with Gasteiger partial charge in [0.2, 0.25) is 3.79 Å². The van der Waals surface area contributed by atoms with Gasteiger partial charge in [-0.15, -0.1) is 24.0 Å². The SMILES string of the molecule is CSC1=NC(C(Cl)(Cl)Cl)N=C(c2ccc(C)cc2)N1.I. The highest BCUT2D eigenvalue weighted by molar-refractivity contribution is 14.0. The third kappa shape index (κ3) is 4.66. The molecule has 0 aromatic heterocycles. The highest BCUT2D eigenvalue weighted by atomic mass is 127. The molecule has 1 aliphatic rings. The first-order valence-corrected chi connectivity index (χ1v) is 7.86. The Bertz CT molecular complexity index is 526. The standard InChI is InChI=1S/C12H12Cl3N3S.HI/c1-7-3-5-8(6-4-7)9-16-10(12(13,14)15)18-11(17-9)19-2;/h3-6,10H,1-2H3,(H,16,17,18);1H. The van der Waals surface area contributed by atoms with Crippen LogP contribution in [0.5, 0.6) is 0 Å². The molecule has 0 saturated carbocycles. The normalized spacial score (nSPS) is 18.6. The quantitative estimate of drug-likeness (QED) is 0.495. The van der Waals surface area contributed by atoms with Gasteiger partial charge in [-0.05, 0) is 13.2 Å². The Morgan fingerprint density at radius 3 is 2.25 bits per heavy atom. The Balaban J connectivity index is 0.00000200. The van der Waals surface area contributed by atoms with E-state index in [0.29, 0.717) is 11.0 Å². The van der Waals surface area contributed by atoms with Crippen LogP contribution in [0.1, 0.15) is 11.1 Å². The lowest BCUT2D eigenvalue weighted by atomic mass is 10.1. The Labute approximate surface area is 154 Å². The molecule has 0 bridgehead atoms. The van der Waals surface area contributed by atoms with Gasteiger partial charge in [0, 0.05) is 5.56 Å². The summed E-state index contributed by atoms with van der Waals surface area (Å²) in [4.78, 5) is 8.61. The second-order valence-corrected chi connectivity index (χ2v) is 7.19. The van der Waals surface area contributed by atoms with Crippen LogP contribution in [0.25, 0.3) is 0 Å². The molecular weight excluding hydrogens is 451 g/mol.